The van der Waals surface area contributed by atoms with Crippen LogP contribution < -0.4 is 10.7 Å². The second-order valence-corrected chi connectivity index (χ2v) is 6.29. The largest absolute Gasteiger partial charge is 0.357 e. The van der Waals surface area contributed by atoms with Crippen molar-refractivity contribution in [3.63, 3.8) is 0 Å². The molecule has 6 nitrogen and oxygen atoms in total. The van der Waals surface area contributed by atoms with Crippen molar-refractivity contribution in [2.75, 3.05) is 0 Å². The molecule has 0 aliphatic carbocycles. The van der Waals surface area contributed by atoms with Crippen LogP contribution in [0.2, 0.25) is 0 Å². The quantitative estimate of drug-likeness (QED) is 0.366. The number of nitrogens with one attached hydrogen (secondary N) is 2. The molecule has 0 radical (unpaired) electrons. The summed E-state index contributed by atoms with van der Waals surface area (Å²) < 4.78 is 14.6. The van der Waals surface area contributed by atoms with E-state index in [1.165, 1.54) is 12.1 Å². The molecule has 0 unspecified atom stereocenters. The molecule has 0 bridgehead atoms. The Bertz CT molecular complexity index is 950. The van der Waals surface area contributed by atoms with Crippen LogP contribution in [0.15, 0.2) is 72.0 Å². The smallest absolute Gasteiger partial charge is 0.187 e. The van der Waals surface area contributed by atoms with Crippen molar-refractivity contribution in [2.24, 2.45) is 5.10 Å². The summed E-state index contributed by atoms with van der Waals surface area (Å²) in [4.78, 5) is 0. The summed E-state index contributed by atoms with van der Waals surface area (Å²) in [5, 5.41) is 15.6. The first-order valence-electron chi connectivity index (χ1n) is 8.61. The number of nitrogens with zero attached hydrogens (tertiary/aromatic N) is 4. The van der Waals surface area contributed by atoms with Crippen molar-refractivity contribution in [1.82, 2.24) is 25.7 Å². The van der Waals surface area contributed by atoms with E-state index in [1.807, 2.05) is 36.5 Å². The van der Waals surface area contributed by atoms with E-state index in [0.717, 1.165) is 16.8 Å². The van der Waals surface area contributed by atoms with Gasteiger partial charge in [-0.3, -0.25) is 5.43 Å². The zero-order valence-electron chi connectivity index (χ0n) is 15.0. The minimum atomic E-state index is -0.263. The maximum Gasteiger partial charge on any atom is 0.187 e. The summed E-state index contributed by atoms with van der Waals surface area (Å²) in [6.45, 7) is 1.16. The van der Waals surface area contributed by atoms with E-state index in [9.17, 15) is 4.39 Å². The Labute approximate surface area is 167 Å². The van der Waals surface area contributed by atoms with Gasteiger partial charge in [-0.05, 0) is 47.6 Å². The SMILES string of the molecule is Fc1ccc(CNC(=S)N/N=C\C=C\c2cn(Cc3ccccc3)nn2)cc1. The van der Waals surface area contributed by atoms with Crippen LogP contribution in [0.5, 0.6) is 0 Å². The van der Waals surface area contributed by atoms with Crippen LogP contribution in [0.4, 0.5) is 4.39 Å². The molecule has 0 spiro atoms. The number of aromatic nitrogens is 3. The fraction of sp³-hybridized carbons (Fsp3) is 0.100. The Morgan fingerprint density at radius 2 is 1.89 bits per heavy atom. The Hall–Kier alpha value is -3.39. The lowest BCUT2D eigenvalue weighted by Crippen LogP contribution is -2.31. The van der Waals surface area contributed by atoms with Gasteiger partial charge in [0.2, 0.25) is 0 Å². The highest BCUT2D eigenvalue weighted by Crippen LogP contribution is 2.03. The van der Waals surface area contributed by atoms with Crippen LogP contribution in [0.1, 0.15) is 16.8 Å². The Morgan fingerprint density at radius 3 is 2.68 bits per heavy atom. The van der Waals surface area contributed by atoms with E-state index in [-0.39, 0.29) is 5.82 Å². The van der Waals surface area contributed by atoms with Gasteiger partial charge in [0.25, 0.3) is 0 Å². The van der Waals surface area contributed by atoms with Crippen molar-refractivity contribution in [1.29, 1.82) is 0 Å². The fourth-order valence-corrected chi connectivity index (χ4v) is 2.47. The molecule has 3 rings (SSSR count). The zero-order chi connectivity index (χ0) is 19.6. The average Bonchev–Trinajstić information content (AvgIpc) is 3.15. The second-order valence-electron chi connectivity index (χ2n) is 5.88. The average molecular weight is 394 g/mol. The minimum absolute atomic E-state index is 0.263. The van der Waals surface area contributed by atoms with Gasteiger partial charge in [0.15, 0.2) is 5.11 Å². The van der Waals surface area contributed by atoms with Gasteiger partial charge in [-0.15, -0.1) is 5.10 Å². The Morgan fingerprint density at radius 1 is 1.11 bits per heavy atom. The summed E-state index contributed by atoms with van der Waals surface area (Å²) in [6.07, 6.45) is 6.98. The number of benzene rings is 2. The van der Waals surface area contributed by atoms with Crippen molar-refractivity contribution in [3.05, 3.63) is 89.5 Å². The number of hydrogen-bond donors (Lipinski definition) is 2. The standard InChI is InChI=1S/C20H19FN6S/c21-18-10-8-16(9-11-18)13-22-20(28)25-23-12-4-7-19-15-27(26-24-19)14-17-5-2-1-3-6-17/h1-12,15H,13-14H2,(H2,22,25,28)/b7-4+,23-12-. The highest BCUT2D eigenvalue weighted by molar-refractivity contribution is 7.80. The number of halogens is 1. The molecule has 0 saturated heterocycles. The lowest BCUT2D eigenvalue weighted by Gasteiger charge is -2.06. The summed E-state index contributed by atoms with van der Waals surface area (Å²) in [7, 11) is 0. The lowest BCUT2D eigenvalue weighted by molar-refractivity contribution is 0.626. The highest BCUT2D eigenvalue weighted by Gasteiger charge is 1.98. The molecule has 2 N–H and O–H groups in total. The van der Waals surface area contributed by atoms with Gasteiger partial charge in [-0.25, -0.2) is 9.07 Å². The van der Waals surface area contributed by atoms with Crippen LogP contribution in [-0.2, 0) is 13.1 Å². The maximum absolute atomic E-state index is 12.9. The predicted octanol–water partition coefficient (Wildman–Crippen LogP) is 3.13. The molecule has 0 aliphatic heterocycles. The molecule has 1 aromatic heterocycles. The van der Waals surface area contributed by atoms with Gasteiger partial charge >= 0.3 is 0 Å². The second kappa shape index (κ2) is 10.1. The zero-order valence-corrected chi connectivity index (χ0v) is 15.8. The fourth-order valence-electron chi connectivity index (χ4n) is 2.34. The minimum Gasteiger partial charge on any atom is -0.357 e. The van der Waals surface area contributed by atoms with Gasteiger partial charge in [0, 0.05) is 12.8 Å². The molecule has 0 atom stereocenters. The van der Waals surface area contributed by atoms with Gasteiger partial charge in [0.05, 0.1) is 12.7 Å². The first-order valence-corrected chi connectivity index (χ1v) is 9.02. The molecule has 0 fully saturated rings. The van der Waals surface area contributed by atoms with Crippen LogP contribution >= 0.6 is 12.2 Å². The molecule has 2 aromatic carbocycles. The van der Waals surface area contributed by atoms with Gasteiger partial charge in [-0.2, -0.15) is 5.10 Å². The molecule has 3 aromatic rings. The summed E-state index contributed by atoms with van der Waals surface area (Å²) in [6, 6.07) is 16.3. The molecule has 0 amide bonds. The molecule has 0 aliphatic rings. The third-order valence-electron chi connectivity index (χ3n) is 3.70. The third kappa shape index (κ3) is 6.40. The van der Waals surface area contributed by atoms with Crippen molar-refractivity contribution < 1.29 is 4.39 Å². The number of allylic oxidation sites excluding steroid dienone is 1. The first kappa shape index (κ1) is 19.4. The van der Waals surface area contributed by atoms with E-state index in [4.69, 9.17) is 12.2 Å². The normalized spacial score (nSPS) is 11.2. The highest BCUT2D eigenvalue weighted by atomic mass is 32.1. The van der Waals surface area contributed by atoms with E-state index < -0.39 is 0 Å². The topological polar surface area (TPSA) is 67.1 Å². The molecule has 0 saturated carbocycles. The summed E-state index contributed by atoms with van der Waals surface area (Å²) in [5.74, 6) is -0.263. The number of hydrogen-bond acceptors (Lipinski definition) is 4. The van der Waals surface area contributed by atoms with Gasteiger partial charge in [-0.1, -0.05) is 47.7 Å². The number of thiocarbonyl (C=S) groups is 1. The van der Waals surface area contributed by atoms with Gasteiger partial charge in [0.1, 0.15) is 11.5 Å². The molecule has 142 valence electrons. The first-order chi connectivity index (χ1) is 13.7. The van der Waals surface area contributed by atoms with Crippen molar-refractivity contribution in [3.8, 4) is 0 Å². The summed E-state index contributed by atoms with van der Waals surface area (Å²) >= 11 is 5.13. The van der Waals surface area contributed by atoms with Gasteiger partial charge < -0.3 is 5.32 Å². The van der Waals surface area contributed by atoms with Crippen LogP contribution in [0.3, 0.4) is 0 Å². The Kier molecular flexibility index (Phi) is 6.97. The molecule has 1 heterocycles. The van der Waals surface area contributed by atoms with Crippen LogP contribution in [0.25, 0.3) is 6.08 Å². The van der Waals surface area contributed by atoms with E-state index in [2.05, 4.69) is 26.2 Å². The number of rotatable bonds is 7. The molecular formula is C20H19FN6S. The van der Waals surface area contributed by atoms with Crippen LogP contribution in [0, 0.1) is 5.82 Å². The predicted molar refractivity (Wildman–Crippen MR) is 112 cm³/mol. The molecule has 8 heteroatoms. The van der Waals surface area contributed by atoms with E-state index >= 15 is 0 Å². The molecule has 28 heavy (non-hydrogen) atoms. The third-order valence-corrected chi connectivity index (χ3v) is 3.94. The van der Waals surface area contributed by atoms with Crippen LogP contribution in [-0.4, -0.2) is 26.3 Å². The van der Waals surface area contributed by atoms with Crippen molar-refractivity contribution >= 4 is 29.6 Å². The summed E-state index contributed by atoms with van der Waals surface area (Å²) in [5.41, 5.74) is 5.53. The Balaban J connectivity index is 1.40. The van der Waals surface area contributed by atoms with E-state index in [1.54, 1.807) is 35.2 Å². The van der Waals surface area contributed by atoms with E-state index in [0.29, 0.717) is 18.2 Å². The molecular weight excluding hydrogens is 375 g/mol. The lowest BCUT2D eigenvalue weighted by atomic mass is 10.2. The number of hydrazone groups is 1. The van der Waals surface area contributed by atoms with Crippen molar-refractivity contribution in [2.45, 2.75) is 13.1 Å². The maximum atomic E-state index is 12.9. The monoisotopic (exact) mass is 394 g/mol.